The van der Waals surface area contributed by atoms with E-state index in [1.807, 2.05) is 7.05 Å². The summed E-state index contributed by atoms with van der Waals surface area (Å²) in [5.41, 5.74) is 1.40. The number of hydrogen-bond donors (Lipinski definition) is 1. The molecule has 0 bridgehead atoms. The first-order chi connectivity index (χ1) is 10.5. The Morgan fingerprint density at radius 3 is 2.50 bits per heavy atom. The van der Waals surface area contributed by atoms with Crippen molar-refractivity contribution in [2.75, 3.05) is 20.3 Å². The van der Waals surface area contributed by atoms with Crippen molar-refractivity contribution in [2.24, 2.45) is 11.3 Å². The molecule has 2 aliphatic rings. The van der Waals surface area contributed by atoms with Crippen LogP contribution in [0, 0.1) is 11.3 Å². The molecule has 1 aromatic rings. The van der Waals surface area contributed by atoms with Crippen LogP contribution in [-0.2, 0) is 16.1 Å². The third-order valence-corrected chi connectivity index (χ3v) is 4.97. The fourth-order valence-corrected chi connectivity index (χ4v) is 3.40. The van der Waals surface area contributed by atoms with Crippen LogP contribution in [0.2, 0.25) is 0 Å². The highest BCUT2D eigenvalue weighted by Gasteiger charge is 2.58. The predicted octanol–water partition coefficient (Wildman–Crippen LogP) is 2.16. The van der Waals surface area contributed by atoms with Gasteiger partial charge in [0.05, 0.1) is 5.56 Å². The maximum atomic E-state index is 12.5. The summed E-state index contributed by atoms with van der Waals surface area (Å²) in [5.74, 6) is -0.598. The standard InChI is InChI=1S/C17H21NO4/c1-18(11-12-2-4-13(5-3-12)16(20)21)15(19)14-10-17(14)6-8-22-9-7-17/h2-5,14H,6-11H2,1H3,(H,20,21). The van der Waals surface area contributed by atoms with Crippen molar-refractivity contribution in [3.63, 3.8) is 0 Å². The van der Waals surface area contributed by atoms with Crippen LogP contribution in [-0.4, -0.2) is 42.1 Å². The first kappa shape index (κ1) is 15.0. The molecule has 0 aromatic heterocycles. The minimum Gasteiger partial charge on any atom is -0.478 e. The third kappa shape index (κ3) is 2.86. The largest absolute Gasteiger partial charge is 0.478 e. The van der Waals surface area contributed by atoms with E-state index in [9.17, 15) is 9.59 Å². The number of hydrogen-bond acceptors (Lipinski definition) is 3. The van der Waals surface area contributed by atoms with E-state index in [1.165, 1.54) is 0 Å². The number of amides is 1. The molecule has 22 heavy (non-hydrogen) atoms. The number of carboxylic acid groups (broad SMARTS) is 1. The Balaban J connectivity index is 1.59. The van der Waals surface area contributed by atoms with Gasteiger partial charge in [0.25, 0.3) is 0 Å². The molecule has 5 nitrogen and oxygen atoms in total. The molecule has 1 saturated heterocycles. The van der Waals surface area contributed by atoms with Crippen LogP contribution in [0.15, 0.2) is 24.3 Å². The maximum absolute atomic E-state index is 12.5. The minimum absolute atomic E-state index is 0.139. The van der Waals surface area contributed by atoms with E-state index in [0.717, 1.165) is 38.0 Å². The number of nitrogens with zero attached hydrogens (tertiary/aromatic N) is 1. The van der Waals surface area contributed by atoms with Gasteiger partial charge in [-0.05, 0) is 42.4 Å². The summed E-state index contributed by atoms with van der Waals surface area (Å²) in [6.07, 6.45) is 2.96. The molecule has 1 aliphatic carbocycles. The molecule has 1 N–H and O–H groups in total. The van der Waals surface area contributed by atoms with Gasteiger partial charge in [0.15, 0.2) is 0 Å². The highest BCUT2D eigenvalue weighted by atomic mass is 16.5. The summed E-state index contributed by atoms with van der Waals surface area (Å²) in [6.45, 7) is 2.05. The van der Waals surface area contributed by atoms with Crippen LogP contribution in [0.3, 0.4) is 0 Å². The smallest absolute Gasteiger partial charge is 0.335 e. The molecule has 1 saturated carbocycles. The zero-order valence-corrected chi connectivity index (χ0v) is 12.7. The Bertz CT molecular complexity index is 575. The van der Waals surface area contributed by atoms with E-state index in [-0.39, 0.29) is 22.8 Å². The van der Waals surface area contributed by atoms with Gasteiger partial charge in [-0.3, -0.25) is 4.79 Å². The van der Waals surface area contributed by atoms with Crippen LogP contribution < -0.4 is 0 Å². The number of ether oxygens (including phenoxy) is 1. The topological polar surface area (TPSA) is 66.8 Å². The van der Waals surface area contributed by atoms with Crippen molar-refractivity contribution in [3.8, 4) is 0 Å². The molecule has 118 valence electrons. The van der Waals surface area contributed by atoms with Crippen LogP contribution in [0.5, 0.6) is 0 Å². The Labute approximate surface area is 129 Å². The summed E-state index contributed by atoms with van der Waals surface area (Å²) < 4.78 is 5.39. The van der Waals surface area contributed by atoms with Crippen molar-refractivity contribution in [1.29, 1.82) is 0 Å². The normalized spacial score (nSPS) is 22.3. The van der Waals surface area contributed by atoms with Crippen molar-refractivity contribution in [2.45, 2.75) is 25.8 Å². The first-order valence-electron chi connectivity index (χ1n) is 7.67. The zero-order chi connectivity index (χ0) is 15.7. The van der Waals surface area contributed by atoms with E-state index >= 15 is 0 Å². The lowest BCUT2D eigenvalue weighted by atomic mass is 9.93. The average molecular weight is 303 g/mol. The Morgan fingerprint density at radius 1 is 1.27 bits per heavy atom. The van der Waals surface area contributed by atoms with Gasteiger partial charge in [-0.25, -0.2) is 4.79 Å². The quantitative estimate of drug-likeness (QED) is 0.925. The molecule has 1 unspecified atom stereocenters. The lowest BCUT2D eigenvalue weighted by Gasteiger charge is -2.24. The van der Waals surface area contributed by atoms with Gasteiger partial charge in [0.2, 0.25) is 5.91 Å². The van der Waals surface area contributed by atoms with Gasteiger partial charge in [-0.1, -0.05) is 12.1 Å². The number of carboxylic acids is 1. The number of aromatic carboxylic acids is 1. The molecular formula is C17H21NO4. The summed E-state index contributed by atoms with van der Waals surface area (Å²) in [4.78, 5) is 25.1. The van der Waals surface area contributed by atoms with Crippen molar-refractivity contribution < 1.29 is 19.4 Å². The monoisotopic (exact) mass is 303 g/mol. The number of rotatable bonds is 4. The molecule has 5 heteroatoms. The Morgan fingerprint density at radius 2 is 1.91 bits per heavy atom. The van der Waals surface area contributed by atoms with Crippen LogP contribution >= 0.6 is 0 Å². The second kappa shape index (κ2) is 5.72. The number of carbonyl (C=O) groups is 2. The van der Waals surface area contributed by atoms with Gasteiger partial charge in [-0.2, -0.15) is 0 Å². The van der Waals surface area contributed by atoms with E-state index in [0.29, 0.717) is 6.54 Å². The van der Waals surface area contributed by atoms with E-state index < -0.39 is 5.97 Å². The molecule has 1 aromatic carbocycles. The van der Waals surface area contributed by atoms with E-state index in [2.05, 4.69) is 0 Å². The van der Waals surface area contributed by atoms with Gasteiger partial charge in [-0.15, -0.1) is 0 Å². The van der Waals surface area contributed by atoms with Gasteiger partial charge in [0.1, 0.15) is 0 Å². The van der Waals surface area contributed by atoms with E-state index in [4.69, 9.17) is 9.84 Å². The zero-order valence-electron chi connectivity index (χ0n) is 12.7. The Hall–Kier alpha value is -1.88. The Kier molecular flexibility index (Phi) is 3.91. The van der Waals surface area contributed by atoms with Gasteiger partial charge < -0.3 is 14.7 Å². The molecule has 1 spiro atoms. The maximum Gasteiger partial charge on any atom is 0.335 e. The highest BCUT2D eigenvalue weighted by molar-refractivity contribution is 5.87. The van der Waals surface area contributed by atoms with Crippen LogP contribution in [0.4, 0.5) is 0 Å². The second-order valence-electron chi connectivity index (χ2n) is 6.43. The number of carbonyl (C=O) groups excluding carboxylic acids is 1. The van der Waals surface area contributed by atoms with Crippen molar-refractivity contribution in [1.82, 2.24) is 4.90 Å². The summed E-state index contributed by atoms with van der Waals surface area (Å²) in [7, 11) is 1.82. The molecule has 1 atom stereocenters. The third-order valence-electron chi connectivity index (χ3n) is 4.97. The summed E-state index contributed by atoms with van der Waals surface area (Å²) in [6, 6.07) is 6.69. The van der Waals surface area contributed by atoms with Crippen LogP contribution in [0.1, 0.15) is 35.2 Å². The molecular weight excluding hydrogens is 282 g/mol. The highest BCUT2D eigenvalue weighted by Crippen LogP contribution is 2.59. The first-order valence-corrected chi connectivity index (χ1v) is 7.67. The molecule has 2 fully saturated rings. The fraction of sp³-hybridized carbons (Fsp3) is 0.529. The van der Waals surface area contributed by atoms with E-state index in [1.54, 1.807) is 29.2 Å². The fourth-order valence-electron chi connectivity index (χ4n) is 3.40. The molecule has 1 aliphatic heterocycles. The summed E-state index contributed by atoms with van der Waals surface area (Å²) in [5, 5.41) is 8.89. The summed E-state index contributed by atoms with van der Waals surface area (Å²) >= 11 is 0. The van der Waals surface area contributed by atoms with Crippen molar-refractivity contribution in [3.05, 3.63) is 35.4 Å². The van der Waals surface area contributed by atoms with Crippen LogP contribution in [0.25, 0.3) is 0 Å². The lowest BCUT2D eigenvalue weighted by molar-refractivity contribution is -0.133. The average Bonchev–Trinajstić information content (AvgIpc) is 3.20. The van der Waals surface area contributed by atoms with Gasteiger partial charge in [0, 0.05) is 32.7 Å². The molecule has 1 amide bonds. The molecule has 3 rings (SSSR count). The van der Waals surface area contributed by atoms with Gasteiger partial charge >= 0.3 is 5.97 Å². The number of benzene rings is 1. The minimum atomic E-state index is -0.935. The lowest BCUT2D eigenvalue weighted by Crippen LogP contribution is -2.31. The molecule has 0 radical (unpaired) electrons. The predicted molar refractivity (Wildman–Crippen MR) is 80.5 cm³/mol. The second-order valence-corrected chi connectivity index (χ2v) is 6.43. The molecule has 1 heterocycles. The SMILES string of the molecule is CN(Cc1ccc(C(=O)O)cc1)C(=O)C1CC12CCOCC2. The van der Waals surface area contributed by atoms with Crippen molar-refractivity contribution >= 4 is 11.9 Å².